The van der Waals surface area contributed by atoms with Crippen LogP contribution in [0.25, 0.3) is 0 Å². The van der Waals surface area contributed by atoms with Gasteiger partial charge in [-0.2, -0.15) is 0 Å². The quantitative estimate of drug-likeness (QED) is 0.896. The fourth-order valence-corrected chi connectivity index (χ4v) is 1.96. The maximum atomic E-state index is 6.08. The minimum absolute atomic E-state index is 0.153. The number of aromatic nitrogens is 1. The zero-order valence-electron chi connectivity index (χ0n) is 11.0. The highest BCUT2D eigenvalue weighted by atomic mass is 79.9. The Kier molecular flexibility index (Phi) is 4.95. The predicted octanol–water partition coefficient (Wildman–Crippen LogP) is 3.33. The lowest BCUT2D eigenvalue weighted by atomic mass is 9.88. The van der Waals surface area contributed by atoms with Crippen molar-refractivity contribution in [2.24, 2.45) is 11.1 Å². The molecular formula is C13H22BrN3. The van der Waals surface area contributed by atoms with E-state index < -0.39 is 0 Å². The Balaban J connectivity index is 2.47. The van der Waals surface area contributed by atoms with Crippen molar-refractivity contribution in [2.75, 3.05) is 11.9 Å². The molecule has 0 radical (unpaired) electrons. The Hall–Kier alpha value is -0.610. The number of pyridine rings is 1. The van der Waals surface area contributed by atoms with Crippen molar-refractivity contribution in [3.8, 4) is 0 Å². The Labute approximate surface area is 112 Å². The summed E-state index contributed by atoms with van der Waals surface area (Å²) in [5, 5.41) is 3.28. The molecule has 0 fully saturated rings. The standard InChI is InChI=1S/C13H22BrN3/c1-9-11(14)5-6-12(17-9)16-8-10(15)7-13(2,3)4/h5-6,10H,7-8,15H2,1-4H3,(H,16,17). The number of aryl methyl sites for hydroxylation is 1. The van der Waals surface area contributed by atoms with Crippen LogP contribution in [0.3, 0.4) is 0 Å². The van der Waals surface area contributed by atoms with Crippen molar-refractivity contribution in [3.05, 3.63) is 22.3 Å². The van der Waals surface area contributed by atoms with Gasteiger partial charge in [-0.15, -0.1) is 0 Å². The van der Waals surface area contributed by atoms with E-state index in [1.807, 2.05) is 19.1 Å². The van der Waals surface area contributed by atoms with Crippen LogP contribution in [-0.4, -0.2) is 17.6 Å². The molecule has 0 spiro atoms. The molecule has 0 amide bonds. The number of rotatable bonds is 4. The van der Waals surface area contributed by atoms with Crippen LogP contribution in [0, 0.1) is 12.3 Å². The Morgan fingerprint density at radius 2 is 2.06 bits per heavy atom. The SMILES string of the molecule is Cc1nc(NCC(N)CC(C)(C)C)ccc1Br. The van der Waals surface area contributed by atoms with E-state index in [0.29, 0.717) is 0 Å². The molecule has 1 aromatic rings. The normalized spacial score (nSPS) is 13.5. The van der Waals surface area contributed by atoms with Crippen LogP contribution in [0.5, 0.6) is 0 Å². The maximum absolute atomic E-state index is 6.08. The first kappa shape index (κ1) is 14.5. The molecule has 96 valence electrons. The fourth-order valence-electron chi connectivity index (χ4n) is 1.74. The first-order valence-corrected chi connectivity index (χ1v) is 6.70. The molecule has 4 heteroatoms. The lowest BCUT2D eigenvalue weighted by molar-refractivity contribution is 0.344. The molecule has 17 heavy (non-hydrogen) atoms. The second-order valence-electron chi connectivity index (χ2n) is 5.67. The van der Waals surface area contributed by atoms with E-state index >= 15 is 0 Å². The van der Waals surface area contributed by atoms with Gasteiger partial charge in [-0.05, 0) is 46.8 Å². The highest BCUT2D eigenvalue weighted by molar-refractivity contribution is 9.10. The third-order valence-electron chi connectivity index (χ3n) is 2.44. The van der Waals surface area contributed by atoms with Crippen LogP contribution in [-0.2, 0) is 0 Å². The fraction of sp³-hybridized carbons (Fsp3) is 0.615. The van der Waals surface area contributed by atoms with Crippen molar-refractivity contribution >= 4 is 21.7 Å². The number of halogens is 1. The van der Waals surface area contributed by atoms with Gasteiger partial charge in [0.25, 0.3) is 0 Å². The summed E-state index contributed by atoms with van der Waals surface area (Å²) < 4.78 is 1.03. The Morgan fingerprint density at radius 1 is 1.41 bits per heavy atom. The minimum atomic E-state index is 0.153. The first-order valence-electron chi connectivity index (χ1n) is 5.90. The van der Waals surface area contributed by atoms with Crippen LogP contribution in [0.4, 0.5) is 5.82 Å². The molecule has 3 nitrogen and oxygen atoms in total. The smallest absolute Gasteiger partial charge is 0.126 e. The predicted molar refractivity (Wildman–Crippen MR) is 77.2 cm³/mol. The Morgan fingerprint density at radius 3 is 2.59 bits per heavy atom. The number of nitrogens with zero attached hydrogens (tertiary/aromatic N) is 1. The molecule has 0 aliphatic rings. The second-order valence-corrected chi connectivity index (χ2v) is 6.52. The van der Waals surface area contributed by atoms with E-state index in [9.17, 15) is 0 Å². The maximum Gasteiger partial charge on any atom is 0.126 e. The van der Waals surface area contributed by atoms with Gasteiger partial charge in [-0.25, -0.2) is 4.98 Å². The van der Waals surface area contributed by atoms with Crippen LogP contribution < -0.4 is 11.1 Å². The molecule has 1 aromatic heterocycles. The van der Waals surface area contributed by atoms with Gasteiger partial charge in [0.2, 0.25) is 0 Å². The van der Waals surface area contributed by atoms with Crippen molar-refractivity contribution in [1.82, 2.24) is 4.98 Å². The Bertz CT molecular complexity index is 371. The molecule has 1 heterocycles. The molecule has 1 rings (SSSR count). The summed E-state index contributed by atoms with van der Waals surface area (Å²) in [5.74, 6) is 0.884. The van der Waals surface area contributed by atoms with Gasteiger partial charge >= 0.3 is 0 Å². The summed E-state index contributed by atoms with van der Waals surface area (Å²) >= 11 is 3.43. The summed E-state index contributed by atoms with van der Waals surface area (Å²) in [7, 11) is 0. The van der Waals surface area contributed by atoms with Gasteiger partial charge < -0.3 is 11.1 Å². The van der Waals surface area contributed by atoms with Crippen molar-refractivity contribution < 1.29 is 0 Å². The molecule has 0 saturated carbocycles. The molecule has 0 aromatic carbocycles. The second kappa shape index (κ2) is 5.83. The van der Waals surface area contributed by atoms with Crippen LogP contribution in [0.1, 0.15) is 32.9 Å². The molecule has 0 aliphatic heterocycles. The minimum Gasteiger partial charge on any atom is -0.369 e. The van der Waals surface area contributed by atoms with Crippen LogP contribution in [0.15, 0.2) is 16.6 Å². The third kappa shape index (κ3) is 5.50. The average molecular weight is 300 g/mol. The summed E-state index contributed by atoms with van der Waals surface area (Å²) in [6.07, 6.45) is 0.996. The van der Waals surface area contributed by atoms with Crippen molar-refractivity contribution in [3.63, 3.8) is 0 Å². The third-order valence-corrected chi connectivity index (χ3v) is 3.28. The molecule has 1 unspecified atom stereocenters. The van der Waals surface area contributed by atoms with Gasteiger partial charge in [-0.3, -0.25) is 0 Å². The van der Waals surface area contributed by atoms with Gasteiger partial charge in [0.15, 0.2) is 0 Å². The molecule has 0 saturated heterocycles. The van der Waals surface area contributed by atoms with Gasteiger partial charge in [0, 0.05) is 17.1 Å². The van der Waals surface area contributed by atoms with Crippen LogP contribution in [0.2, 0.25) is 0 Å². The van der Waals surface area contributed by atoms with E-state index in [2.05, 4.69) is 47.0 Å². The molecule has 1 atom stereocenters. The number of nitrogens with one attached hydrogen (secondary N) is 1. The molecule has 0 aliphatic carbocycles. The topological polar surface area (TPSA) is 50.9 Å². The van der Waals surface area contributed by atoms with Gasteiger partial charge in [-0.1, -0.05) is 20.8 Å². The van der Waals surface area contributed by atoms with Crippen molar-refractivity contribution in [2.45, 2.75) is 40.2 Å². The van der Waals surface area contributed by atoms with Crippen LogP contribution >= 0.6 is 15.9 Å². The lowest BCUT2D eigenvalue weighted by Gasteiger charge is -2.23. The average Bonchev–Trinajstić information content (AvgIpc) is 2.17. The van der Waals surface area contributed by atoms with E-state index in [4.69, 9.17) is 5.73 Å². The monoisotopic (exact) mass is 299 g/mol. The highest BCUT2D eigenvalue weighted by Crippen LogP contribution is 2.20. The van der Waals surface area contributed by atoms with E-state index in [-0.39, 0.29) is 11.5 Å². The molecule has 3 N–H and O–H groups in total. The number of hydrogen-bond donors (Lipinski definition) is 2. The van der Waals surface area contributed by atoms with Gasteiger partial charge in [0.05, 0.1) is 5.69 Å². The summed E-state index contributed by atoms with van der Waals surface area (Å²) in [6.45, 7) is 9.34. The van der Waals surface area contributed by atoms with E-state index in [1.165, 1.54) is 0 Å². The largest absolute Gasteiger partial charge is 0.369 e. The zero-order valence-corrected chi connectivity index (χ0v) is 12.6. The summed E-state index contributed by atoms with van der Waals surface area (Å²) in [6, 6.07) is 4.11. The van der Waals surface area contributed by atoms with Gasteiger partial charge in [0.1, 0.15) is 5.82 Å². The zero-order chi connectivity index (χ0) is 13.1. The van der Waals surface area contributed by atoms with Crippen molar-refractivity contribution in [1.29, 1.82) is 0 Å². The molecule has 0 bridgehead atoms. The van der Waals surface area contributed by atoms with E-state index in [1.54, 1.807) is 0 Å². The highest BCUT2D eigenvalue weighted by Gasteiger charge is 2.15. The summed E-state index contributed by atoms with van der Waals surface area (Å²) in [4.78, 5) is 4.43. The number of hydrogen-bond acceptors (Lipinski definition) is 3. The lowest BCUT2D eigenvalue weighted by Crippen LogP contribution is -2.33. The number of anilines is 1. The van der Waals surface area contributed by atoms with E-state index in [0.717, 1.165) is 29.0 Å². The first-order chi connectivity index (χ1) is 7.78. The molecular weight excluding hydrogens is 278 g/mol. The number of nitrogens with two attached hydrogens (primary N) is 1. The summed E-state index contributed by atoms with van der Waals surface area (Å²) in [5.41, 5.74) is 7.33.